The Hall–Kier alpha value is -2.57. The van der Waals surface area contributed by atoms with Crippen LogP contribution in [-0.2, 0) is 22.7 Å². The smallest absolute Gasteiger partial charge is 0.227 e. The van der Waals surface area contributed by atoms with E-state index in [9.17, 15) is 9.59 Å². The molecule has 23 heavy (non-hydrogen) atoms. The predicted octanol–water partition coefficient (Wildman–Crippen LogP) is 1.47. The summed E-state index contributed by atoms with van der Waals surface area (Å²) in [7, 11) is 0. The first kappa shape index (κ1) is 15.3. The lowest BCUT2D eigenvalue weighted by Crippen LogP contribution is -2.32. The van der Waals surface area contributed by atoms with Gasteiger partial charge >= 0.3 is 0 Å². The van der Waals surface area contributed by atoms with Crippen LogP contribution in [0.1, 0.15) is 24.9 Å². The molecule has 0 saturated carbocycles. The third kappa shape index (κ3) is 3.28. The number of furan rings is 1. The molecule has 0 aromatic carbocycles. The lowest BCUT2D eigenvalue weighted by Gasteiger charge is -2.14. The fraction of sp³-hybridized carbons (Fsp3) is 0.438. The SMILES string of the molecule is CCn1cc(N2C[C@@H](C(=O)NCc3ccc(C)o3)CC2=O)cn1. The van der Waals surface area contributed by atoms with Gasteiger partial charge in [0.1, 0.15) is 11.5 Å². The van der Waals surface area contributed by atoms with Gasteiger partial charge in [-0.2, -0.15) is 5.10 Å². The van der Waals surface area contributed by atoms with Crippen LogP contribution in [0.4, 0.5) is 5.69 Å². The Morgan fingerprint density at radius 3 is 2.96 bits per heavy atom. The summed E-state index contributed by atoms with van der Waals surface area (Å²) >= 11 is 0. The molecule has 2 amide bonds. The van der Waals surface area contributed by atoms with Gasteiger partial charge in [-0.05, 0) is 26.0 Å². The van der Waals surface area contributed by atoms with Crippen LogP contribution < -0.4 is 10.2 Å². The van der Waals surface area contributed by atoms with Crippen LogP contribution in [-0.4, -0.2) is 28.1 Å². The van der Waals surface area contributed by atoms with Crippen molar-refractivity contribution in [1.82, 2.24) is 15.1 Å². The molecule has 2 aromatic rings. The highest BCUT2D eigenvalue weighted by Gasteiger charge is 2.35. The van der Waals surface area contributed by atoms with E-state index in [0.717, 1.165) is 18.0 Å². The van der Waals surface area contributed by atoms with Crippen LogP contribution in [0, 0.1) is 12.8 Å². The van der Waals surface area contributed by atoms with E-state index in [1.165, 1.54) is 0 Å². The van der Waals surface area contributed by atoms with Gasteiger partial charge < -0.3 is 14.6 Å². The molecule has 122 valence electrons. The van der Waals surface area contributed by atoms with Gasteiger partial charge in [-0.15, -0.1) is 0 Å². The number of aryl methyl sites for hydroxylation is 2. The highest BCUT2D eigenvalue weighted by Crippen LogP contribution is 2.24. The molecule has 3 heterocycles. The molecule has 7 nitrogen and oxygen atoms in total. The minimum atomic E-state index is -0.344. The van der Waals surface area contributed by atoms with E-state index in [0.29, 0.717) is 18.8 Å². The quantitative estimate of drug-likeness (QED) is 0.906. The second-order valence-electron chi connectivity index (χ2n) is 5.69. The zero-order valence-electron chi connectivity index (χ0n) is 13.3. The summed E-state index contributed by atoms with van der Waals surface area (Å²) in [4.78, 5) is 26.0. The van der Waals surface area contributed by atoms with E-state index in [1.807, 2.05) is 32.2 Å². The summed E-state index contributed by atoms with van der Waals surface area (Å²) in [6.45, 7) is 5.31. The van der Waals surface area contributed by atoms with E-state index in [4.69, 9.17) is 4.42 Å². The minimum absolute atomic E-state index is 0.0466. The van der Waals surface area contributed by atoms with Crippen LogP contribution in [0.25, 0.3) is 0 Å². The van der Waals surface area contributed by atoms with Crippen LogP contribution in [0.15, 0.2) is 28.9 Å². The van der Waals surface area contributed by atoms with Crippen LogP contribution in [0.3, 0.4) is 0 Å². The molecule has 7 heteroatoms. The highest BCUT2D eigenvalue weighted by atomic mass is 16.3. The summed E-state index contributed by atoms with van der Waals surface area (Å²) in [6, 6.07) is 3.69. The standard InChI is InChI=1S/C16H20N4O3/c1-3-19-10-13(7-18-19)20-9-12(6-15(20)21)16(22)17-8-14-5-4-11(2)23-14/h4-5,7,10,12H,3,6,8-9H2,1-2H3,(H,17,22)/t12-/m0/s1. The van der Waals surface area contributed by atoms with Crippen LogP contribution in [0.2, 0.25) is 0 Å². The topological polar surface area (TPSA) is 80.4 Å². The number of hydrogen-bond acceptors (Lipinski definition) is 4. The molecule has 0 spiro atoms. The fourth-order valence-electron chi connectivity index (χ4n) is 2.70. The second-order valence-corrected chi connectivity index (χ2v) is 5.69. The van der Waals surface area contributed by atoms with Gasteiger partial charge in [0.2, 0.25) is 11.8 Å². The Kier molecular flexibility index (Phi) is 4.18. The minimum Gasteiger partial charge on any atom is -0.465 e. The Balaban J connectivity index is 1.59. The molecular formula is C16H20N4O3. The number of rotatable bonds is 5. The predicted molar refractivity (Wildman–Crippen MR) is 83.7 cm³/mol. The summed E-state index contributed by atoms with van der Waals surface area (Å²) in [5.74, 6) is 1.00. The van der Waals surface area contributed by atoms with E-state index < -0.39 is 0 Å². The molecule has 3 rings (SSSR count). The third-order valence-corrected chi connectivity index (χ3v) is 3.98. The first-order valence-electron chi connectivity index (χ1n) is 7.72. The average molecular weight is 316 g/mol. The monoisotopic (exact) mass is 316 g/mol. The summed E-state index contributed by atoms with van der Waals surface area (Å²) in [6.07, 6.45) is 3.71. The van der Waals surface area contributed by atoms with Crippen molar-refractivity contribution < 1.29 is 14.0 Å². The van der Waals surface area contributed by atoms with Gasteiger partial charge in [0.25, 0.3) is 0 Å². The molecule has 1 aliphatic rings. The van der Waals surface area contributed by atoms with Crippen molar-refractivity contribution in [2.45, 2.75) is 33.4 Å². The molecule has 2 aromatic heterocycles. The molecule has 1 saturated heterocycles. The molecule has 1 fully saturated rings. The Morgan fingerprint density at radius 1 is 1.48 bits per heavy atom. The number of carbonyl (C=O) groups is 2. The summed E-state index contributed by atoms with van der Waals surface area (Å²) < 4.78 is 7.18. The number of anilines is 1. The van der Waals surface area contributed by atoms with E-state index in [-0.39, 0.29) is 24.2 Å². The van der Waals surface area contributed by atoms with Gasteiger partial charge in [-0.3, -0.25) is 14.3 Å². The molecule has 0 bridgehead atoms. The first-order valence-corrected chi connectivity index (χ1v) is 7.72. The van der Waals surface area contributed by atoms with Crippen molar-refractivity contribution >= 4 is 17.5 Å². The Labute approximate surface area is 134 Å². The van der Waals surface area contributed by atoms with Crippen molar-refractivity contribution in [2.24, 2.45) is 5.92 Å². The van der Waals surface area contributed by atoms with E-state index >= 15 is 0 Å². The van der Waals surface area contributed by atoms with E-state index in [2.05, 4.69) is 10.4 Å². The zero-order chi connectivity index (χ0) is 16.4. The number of nitrogens with zero attached hydrogens (tertiary/aromatic N) is 3. The third-order valence-electron chi connectivity index (χ3n) is 3.98. The number of amides is 2. The van der Waals surface area contributed by atoms with Gasteiger partial charge in [-0.25, -0.2) is 0 Å². The molecule has 1 N–H and O–H groups in total. The normalized spacial score (nSPS) is 17.7. The summed E-state index contributed by atoms with van der Waals surface area (Å²) in [5, 5.41) is 7.00. The second kappa shape index (κ2) is 6.28. The number of carbonyl (C=O) groups excluding carboxylic acids is 2. The first-order chi connectivity index (χ1) is 11.1. The van der Waals surface area contributed by atoms with Crippen molar-refractivity contribution in [3.63, 3.8) is 0 Å². The van der Waals surface area contributed by atoms with Crippen molar-refractivity contribution in [1.29, 1.82) is 0 Å². The van der Waals surface area contributed by atoms with Crippen LogP contribution in [0.5, 0.6) is 0 Å². The number of aromatic nitrogens is 2. The van der Waals surface area contributed by atoms with Crippen molar-refractivity contribution in [3.05, 3.63) is 36.0 Å². The Bertz CT molecular complexity index is 718. The van der Waals surface area contributed by atoms with Crippen molar-refractivity contribution in [3.8, 4) is 0 Å². The molecular weight excluding hydrogens is 296 g/mol. The highest BCUT2D eigenvalue weighted by molar-refractivity contribution is 6.00. The largest absolute Gasteiger partial charge is 0.465 e. The van der Waals surface area contributed by atoms with E-state index in [1.54, 1.807) is 15.8 Å². The molecule has 0 aliphatic carbocycles. The lowest BCUT2D eigenvalue weighted by atomic mass is 10.1. The maximum atomic E-state index is 12.3. The Morgan fingerprint density at radius 2 is 2.30 bits per heavy atom. The van der Waals surface area contributed by atoms with Gasteiger partial charge in [0.05, 0.1) is 24.3 Å². The van der Waals surface area contributed by atoms with Crippen molar-refractivity contribution in [2.75, 3.05) is 11.4 Å². The van der Waals surface area contributed by atoms with Gasteiger partial charge in [0.15, 0.2) is 0 Å². The molecule has 1 atom stereocenters. The van der Waals surface area contributed by atoms with Gasteiger partial charge in [0, 0.05) is 25.7 Å². The number of hydrogen-bond donors (Lipinski definition) is 1. The lowest BCUT2D eigenvalue weighted by molar-refractivity contribution is -0.126. The molecule has 0 radical (unpaired) electrons. The maximum absolute atomic E-state index is 12.3. The number of nitrogens with one attached hydrogen (secondary N) is 1. The van der Waals surface area contributed by atoms with Crippen LogP contribution >= 0.6 is 0 Å². The average Bonchev–Trinajstić information content (AvgIpc) is 3.24. The fourth-order valence-corrected chi connectivity index (χ4v) is 2.70. The molecule has 0 unspecified atom stereocenters. The zero-order valence-corrected chi connectivity index (χ0v) is 13.3. The maximum Gasteiger partial charge on any atom is 0.227 e. The summed E-state index contributed by atoms with van der Waals surface area (Å²) in [5.41, 5.74) is 0.744. The van der Waals surface area contributed by atoms with Gasteiger partial charge in [-0.1, -0.05) is 0 Å². The molecule has 1 aliphatic heterocycles.